The number of anilines is 1. The summed E-state index contributed by atoms with van der Waals surface area (Å²) in [5.74, 6) is -0.0880. The Morgan fingerprint density at radius 3 is 2.69 bits per heavy atom. The SMILES string of the molecule is C=C[C@H](CNc1cc(-c2ccc(C)nc2)ncn1)c1cccc2c(C(=O)NCC(F)F)ccnc12. The first-order chi connectivity index (χ1) is 17.0. The number of rotatable bonds is 9. The number of hydrogen-bond donors (Lipinski definition) is 2. The van der Waals surface area contributed by atoms with Crippen LogP contribution in [0.15, 0.2) is 73.8 Å². The predicted octanol–water partition coefficient (Wildman–Crippen LogP) is 4.77. The molecule has 0 unspecified atom stereocenters. The number of hydrogen-bond acceptors (Lipinski definition) is 6. The molecule has 2 N–H and O–H groups in total. The van der Waals surface area contributed by atoms with E-state index in [-0.39, 0.29) is 5.92 Å². The lowest BCUT2D eigenvalue weighted by Gasteiger charge is -2.17. The van der Waals surface area contributed by atoms with Crippen LogP contribution < -0.4 is 10.6 Å². The molecular weight excluding hydrogens is 450 g/mol. The number of halogens is 2. The van der Waals surface area contributed by atoms with Gasteiger partial charge in [-0.1, -0.05) is 24.3 Å². The molecule has 0 aliphatic heterocycles. The summed E-state index contributed by atoms with van der Waals surface area (Å²) in [6.07, 6.45) is 3.93. The minimum absolute atomic E-state index is 0.162. The largest absolute Gasteiger partial charge is 0.369 e. The van der Waals surface area contributed by atoms with E-state index in [4.69, 9.17) is 0 Å². The molecule has 0 saturated heterocycles. The lowest BCUT2D eigenvalue weighted by atomic mass is 9.94. The highest BCUT2D eigenvalue weighted by molar-refractivity contribution is 6.06. The molecule has 3 aromatic heterocycles. The summed E-state index contributed by atoms with van der Waals surface area (Å²) in [6.45, 7) is 5.65. The average molecular weight is 475 g/mol. The summed E-state index contributed by atoms with van der Waals surface area (Å²) in [5.41, 5.74) is 4.31. The summed E-state index contributed by atoms with van der Waals surface area (Å²) < 4.78 is 25.1. The van der Waals surface area contributed by atoms with Crippen LogP contribution in [0.4, 0.5) is 14.6 Å². The molecule has 9 heteroatoms. The van der Waals surface area contributed by atoms with Crippen LogP contribution >= 0.6 is 0 Å². The van der Waals surface area contributed by atoms with Gasteiger partial charge in [-0.25, -0.2) is 18.7 Å². The zero-order chi connectivity index (χ0) is 24.8. The third-order valence-electron chi connectivity index (χ3n) is 5.53. The van der Waals surface area contributed by atoms with Crippen molar-refractivity contribution in [2.24, 2.45) is 0 Å². The minimum atomic E-state index is -2.62. The molecule has 0 radical (unpaired) electrons. The van der Waals surface area contributed by atoms with Crippen LogP contribution in [0.1, 0.15) is 27.5 Å². The van der Waals surface area contributed by atoms with Crippen molar-refractivity contribution in [3.8, 4) is 11.3 Å². The maximum atomic E-state index is 12.5. The summed E-state index contributed by atoms with van der Waals surface area (Å²) >= 11 is 0. The number of pyridine rings is 2. The fourth-order valence-corrected chi connectivity index (χ4v) is 3.73. The van der Waals surface area contributed by atoms with Crippen LogP contribution in [-0.2, 0) is 0 Å². The second kappa shape index (κ2) is 10.8. The molecule has 0 saturated carbocycles. The van der Waals surface area contributed by atoms with Crippen LogP contribution in [0.3, 0.4) is 0 Å². The Hall–Kier alpha value is -4.27. The molecule has 0 fully saturated rings. The maximum Gasteiger partial charge on any atom is 0.255 e. The Balaban J connectivity index is 1.56. The number of fused-ring (bicyclic) bond motifs is 1. The van der Waals surface area contributed by atoms with Crippen LogP contribution in [0.25, 0.3) is 22.2 Å². The zero-order valence-corrected chi connectivity index (χ0v) is 19.1. The van der Waals surface area contributed by atoms with Crippen molar-refractivity contribution < 1.29 is 13.6 Å². The van der Waals surface area contributed by atoms with E-state index in [9.17, 15) is 13.6 Å². The van der Waals surface area contributed by atoms with Gasteiger partial charge in [-0.05, 0) is 30.7 Å². The number of nitrogens with one attached hydrogen (secondary N) is 2. The fourth-order valence-electron chi connectivity index (χ4n) is 3.73. The van der Waals surface area contributed by atoms with Gasteiger partial charge in [0.05, 0.1) is 23.3 Å². The van der Waals surface area contributed by atoms with Gasteiger partial charge in [-0.3, -0.25) is 14.8 Å². The molecule has 178 valence electrons. The fraction of sp³-hybridized carbons (Fsp3) is 0.192. The van der Waals surface area contributed by atoms with E-state index >= 15 is 0 Å². The number of aromatic nitrogens is 4. The summed E-state index contributed by atoms with van der Waals surface area (Å²) in [7, 11) is 0. The molecule has 0 aliphatic carbocycles. The first kappa shape index (κ1) is 23.9. The van der Waals surface area contributed by atoms with Crippen LogP contribution in [0, 0.1) is 6.92 Å². The molecular formula is C26H24F2N6O. The van der Waals surface area contributed by atoms with E-state index in [1.807, 2.05) is 37.3 Å². The van der Waals surface area contributed by atoms with Crippen molar-refractivity contribution in [3.63, 3.8) is 0 Å². The quantitative estimate of drug-likeness (QED) is 0.340. The molecule has 4 rings (SSSR count). The highest BCUT2D eigenvalue weighted by Crippen LogP contribution is 2.28. The maximum absolute atomic E-state index is 12.5. The zero-order valence-electron chi connectivity index (χ0n) is 19.1. The molecule has 1 atom stereocenters. The first-order valence-corrected chi connectivity index (χ1v) is 11.0. The molecule has 1 amide bonds. The van der Waals surface area contributed by atoms with Crippen molar-refractivity contribution in [3.05, 3.63) is 90.7 Å². The van der Waals surface area contributed by atoms with Gasteiger partial charge in [0.2, 0.25) is 0 Å². The van der Waals surface area contributed by atoms with Gasteiger partial charge < -0.3 is 10.6 Å². The van der Waals surface area contributed by atoms with Crippen molar-refractivity contribution in [1.82, 2.24) is 25.3 Å². The molecule has 4 aromatic rings. The number of amides is 1. The second-order valence-corrected chi connectivity index (χ2v) is 7.90. The normalized spacial score (nSPS) is 11.9. The first-order valence-electron chi connectivity index (χ1n) is 11.0. The van der Waals surface area contributed by atoms with Gasteiger partial charge in [0.25, 0.3) is 12.3 Å². The number of para-hydroxylation sites is 1. The Kier molecular flexibility index (Phi) is 7.35. The summed E-state index contributed by atoms with van der Waals surface area (Å²) in [4.78, 5) is 29.9. The topological polar surface area (TPSA) is 92.7 Å². The third kappa shape index (κ3) is 5.63. The average Bonchev–Trinajstić information content (AvgIpc) is 2.88. The number of alkyl halides is 2. The molecule has 3 heterocycles. The van der Waals surface area contributed by atoms with E-state index in [0.29, 0.717) is 28.8 Å². The summed E-state index contributed by atoms with van der Waals surface area (Å²) in [5, 5.41) is 6.15. The highest BCUT2D eigenvalue weighted by atomic mass is 19.3. The van der Waals surface area contributed by atoms with Crippen LogP contribution in [0.5, 0.6) is 0 Å². The van der Waals surface area contributed by atoms with Crippen LogP contribution in [-0.4, -0.2) is 45.4 Å². The van der Waals surface area contributed by atoms with Crippen molar-refractivity contribution in [2.75, 3.05) is 18.4 Å². The molecule has 0 bridgehead atoms. The third-order valence-corrected chi connectivity index (χ3v) is 5.53. The molecule has 7 nitrogen and oxygen atoms in total. The molecule has 0 spiro atoms. The Morgan fingerprint density at radius 1 is 1.09 bits per heavy atom. The van der Waals surface area contributed by atoms with E-state index in [2.05, 4.69) is 37.1 Å². The van der Waals surface area contributed by atoms with E-state index < -0.39 is 18.9 Å². The Bertz CT molecular complexity index is 1340. The lowest BCUT2D eigenvalue weighted by Crippen LogP contribution is -2.28. The molecule has 0 aliphatic rings. The minimum Gasteiger partial charge on any atom is -0.369 e. The van der Waals surface area contributed by atoms with E-state index in [0.717, 1.165) is 22.5 Å². The van der Waals surface area contributed by atoms with Gasteiger partial charge in [-0.2, -0.15) is 0 Å². The smallest absolute Gasteiger partial charge is 0.255 e. The Labute approximate surface area is 201 Å². The standard InChI is InChI=1S/C26H24F2N6O/c1-3-17(12-31-24-11-22(33-15-34-24)18-8-7-16(2)30-13-18)19-5-4-6-20-21(9-10-29-25(19)20)26(35)32-14-23(27)28/h3-11,13,15,17,23H,1,12,14H2,2H3,(H,32,35)(H,31,33,34)/t17-/m1/s1. The van der Waals surface area contributed by atoms with E-state index in [1.54, 1.807) is 18.3 Å². The highest BCUT2D eigenvalue weighted by Gasteiger charge is 2.17. The number of benzene rings is 1. The summed E-state index contributed by atoms with van der Waals surface area (Å²) in [6, 6.07) is 12.7. The number of carbonyl (C=O) groups excluding carboxylic acids is 1. The van der Waals surface area contributed by atoms with Gasteiger partial charge >= 0.3 is 0 Å². The van der Waals surface area contributed by atoms with Gasteiger partial charge in [0.1, 0.15) is 12.1 Å². The van der Waals surface area contributed by atoms with Crippen molar-refractivity contribution in [1.29, 1.82) is 0 Å². The van der Waals surface area contributed by atoms with E-state index in [1.165, 1.54) is 18.6 Å². The second-order valence-electron chi connectivity index (χ2n) is 7.90. The number of nitrogens with zero attached hydrogens (tertiary/aromatic N) is 4. The van der Waals surface area contributed by atoms with Gasteiger partial charge in [-0.15, -0.1) is 6.58 Å². The van der Waals surface area contributed by atoms with Crippen LogP contribution in [0.2, 0.25) is 0 Å². The van der Waals surface area contributed by atoms with Gasteiger partial charge in [0.15, 0.2) is 0 Å². The monoisotopic (exact) mass is 474 g/mol. The number of carbonyl (C=O) groups is 1. The van der Waals surface area contributed by atoms with Crippen molar-refractivity contribution >= 4 is 22.6 Å². The predicted molar refractivity (Wildman–Crippen MR) is 132 cm³/mol. The van der Waals surface area contributed by atoms with Gasteiger partial charge in [0, 0.05) is 47.6 Å². The lowest BCUT2D eigenvalue weighted by molar-refractivity contribution is 0.0893. The Morgan fingerprint density at radius 2 is 1.94 bits per heavy atom. The molecule has 35 heavy (non-hydrogen) atoms. The molecule has 1 aromatic carbocycles. The number of aryl methyl sites for hydroxylation is 1. The van der Waals surface area contributed by atoms with Crippen molar-refractivity contribution in [2.45, 2.75) is 19.3 Å².